The highest BCUT2D eigenvalue weighted by Gasteiger charge is 2.53. The van der Waals surface area contributed by atoms with Gasteiger partial charge in [-0.3, -0.25) is 14.6 Å². The number of carbonyl (C=O) groups excluding carboxylic acids is 1. The van der Waals surface area contributed by atoms with Gasteiger partial charge in [0.25, 0.3) is 12.4 Å². The maximum absolute atomic E-state index is 12.6. The van der Waals surface area contributed by atoms with Crippen molar-refractivity contribution in [3.8, 4) is 0 Å². The van der Waals surface area contributed by atoms with Crippen molar-refractivity contribution in [2.24, 2.45) is 0 Å². The number of nitrogens with zero attached hydrogens (tertiary/aromatic N) is 6. The average Bonchev–Trinajstić information content (AvgIpc) is 3.32. The number of aromatic nitrogens is 5. The van der Waals surface area contributed by atoms with Crippen LogP contribution in [-0.4, -0.2) is 95.7 Å². The van der Waals surface area contributed by atoms with Crippen LogP contribution in [0.3, 0.4) is 0 Å². The van der Waals surface area contributed by atoms with Gasteiger partial charge in [0.05, 0.1) is 17.3 Å². The SMILES string of the molecule is C[C@]1(NC(=O)c2cnccn2)CCOC2(CCN(CCn3cnnc3)CC2)[C@@H]1O.O=CO. The minimum Gasteiger partial charge on any atom is -0.483 e. The number of aliphatic hydroxyl groups is 1. The number of hydrogen-bond donors (Lipinski definition) is 3. The number of nitrogens with one attached hydrogen (secondary N) is 1. The molecule has 1 spiro atoms. The fourth-order valence-electron chi connectivity index (χ4n) is 4.30. The van der Waals surface area contributed by atoms with E-state index in [1.54, 1.807) is 12.7 Å². The molecule has 2 saturated heterocycles. The minimum absolute atomic E-state index is 0.241. The molecule has 12 heteroatoms. The topological polar surface area (TPSA) is 156 Å². The molecule has 0 aliphatic carbocycles. The van der Waals surface area contributed by atoms with Gasteiger partial charge >= 0.3 is 0 Å². The number of aliphatic hydroxyl groups excluding tert-OH is 1. The summed E-state index contributed by atoms with van der Waals surface area (Å²) in [4.78, 5) is 31.3. The molecule has 2 fully saturated rings. The van der Waals surface area contributed by atoms with Gasteiger partial charge in [0.2, 0.25) is 0 Å². The highest BCUT2D eigenvalue weighted by Crippen LogP contribution is 2.40. The summed E-state index contributed by atoms with van der Waals surface area (Å²) in [5.41, 5.74) is -1.18. The predicted octanol–water partition coefficient (Wildman–Crippen LogP) is -0.427. The Morgan fingerprint density at radius 1 is 1.25 bits per heavy atom. The van der Waals surface area contributed by atoms with Crippen molar-refractivity contribution in [1.82, 2.24) is 34.9 Å². The predicted molar refractivity (Wildman–Crippen MR) is 112 cm³/mol. The van der Waals surface area contributed by atoms with Gasteiger partial charge < -0.3 is 29.7 Å². The maximum atomic E-state index is 12.6. The Morgan fingerprint density at radius 2 is 1.94 bits per heavy atom. The first-order valence-corrected chi connectivity index (χ1v) is 10.5. The van der Waals surface area contributed by atoms with E-state index in [1.165, 1.54) is 18.6 Å². The molecule has 1 amide bonds. The van der Waals surface area contributed by atoms with Gasteiger partial charge in [-0.1, -0.05) is 0 Å². The fourth-order valence-corrected chi connectivity index (χ4v) is 4.30. The molecule has 0 bridgehead atoms. The highest BCUT2D eigenvalue weighted by molar-refractivity contribution is 5.92. The summed E-state index contributed by atoms with van der Waals surface area (Å²) in [5, 5.41) is 28.8. The van der Waals surface area contributed by atoms with Crippen LogP contribution in [0.5, 0.6) is 0 Å². The van der Waals surface area contributed by atoms with E-state index in [4.69, 9.17) is 14.6 Å². The quantitative estimate of drug-likeness (QED) is 0.514. The molecule has 2 atom stereocenters. The minimum atomic E-state index is -0.802. The number of likely N-dealkylation sites (tertiary alicyclic amines) is 1. The van der Waals surface area contributed by atoms with Crippen molar-refractivity contribution < 1.29 is 24.5 Å². The Morgan fingerprint density at radius 3 is 2.56 bits per heavy atom. The van der Waals surface area contributed by atoms with E-state index >= 15 is 0 Å². The Labute approximate surface area is 185 Å². The van der Waals surface area contributed by atoms with Crippen LogP contribution in [0.2, 0.25) is 0 Å². The van der Waals surface area contributed by atoms with Crippen molar-refractivity contribution >= 4 is 12.4 Å². The van der Waals surface area contributed by atoms with Gasteiger partial charge in [-0.15, -0.1) is 10.2 Å². The summed E-state index contributed by atoms with van der Waals surface area (Å²) in [6.45, 7) is 5.50. The summed E-state index contributed by atoms with van der Waals surface area (Å²) in [7, 11) is 0. The monoisotopic (exact) mass is 447 g/mol. The lowest BCUT2D eigenvalue weighted by atomic mass is 9.73. The second-order valence-electron chi connectivity index (χ2n) is 8.17. The zero-order valence-corrected chi connectivity index (χ0v) is 18.0. The Hall–Kier alpha value is -2.96. The Balaban J connectivity index is 0.000000913. The molecule has 4 rings (SSSR count). The van der Waals surface area contributed by atoms with E-state index in [0.29, 0.717) is 25.9 Å². The molecule has 0 radical (unpaired) electrons. The first-order valence-electron chi connectivity index (χ1n) is 10.5. The Kier molecular flexibility index (Phi) is 7.83. The number of piperidine rings is 1. The third kappa shape index (κ3) is 5.44. The molecule has 32 heavy (non-hydrogen) atoms. The van der Waals surface area contributed by atoms with E-state index < -0.39 is 17.2 Å². The van der Waals surface area contributed by atoms with Crippen LogP contribution in [0.15, 0.2) is 31.2 Å². The van der Waals surface area contributed by atoms with Gasteiger partial charge in [-0.2, -0.15) is 0 Å². The van der Waals surface area contributed by atoms with Crippen LogP contribution in [0.1, 0.15) is 36.7 Å². The third-order valence-corrected chi connectivity index (χ3v) is 6.15. The number of rotatable bonds is 5. The molecule has 174 valence electrons. The summed E-state index contributed by atoms with van der Waals surface area (Å²) in [5.74, 6) is -0.330. The molecule has 2 aliphatic rings. The van der Waals surface area contributed by atoms with Crippen molar-refractivity contribution in [3.63, 3.8) is 0 Å². The molecule has 0 aromatic carbocycles. The summed E-state index contributed by atoms with van der Waals surface area (Å²) in [6.07, 6.45) is 9.02. The van der Waals surface area contributed by atoms with Gasteiger partial charge in [-0.05, 0) is 26.2 Å². The number of amides is 1. The molecule has 4 heterocycles. The summed E-state index contributed by atoms with van der Waals surface area (Å²) in [6, 6.07) is 0. The zero-order chi connectivity index (χ0) is 23.0. The highest BCUT2D eigenvalue weighted by atomic mass is 16.5. The smallest absolute Gasteiger partial charge is 0.290 e. The lowest BCUT2D eigenvalue weighted by Gasteiger charge is -2.53. The van der Waals surface area contributed by atoms with Crippen LogP contribution in [0.25, 0.3) is 0 Å². The molecule has 2 aromatic rings. The van der Waals surface area contributed by atoms with E-state index in [-0.39, 0.29) is 18.1 Å². The van der Waals surface area contributed by atoms with E-state index in [0.717, 1.165) is 26.2 Å². The lowest BCUT2D eigenvalue weighted by molar-refractivity contribution is -0.205. The van der Waals surface area contributed by atoms with Crippen LogP contribution >= 0.6 is 0 Å². The Bertz CT molecular complexity index is 858. The van der Waals surface area contributed by atoms with E-state index in [1.807, 2.05) is 11.5 Å². The largest absolute Gasteiger partial charge is 0.483 e. The number of hydrogen-bond acceptors (Lipinski definition) is 9. The maximum Gasteiger partial charge on any atom is 0.290 e. The van der Waals surface area contributed by atoms with Crippen molar-refractivity contribution in [2.75, 3.05) is 26.2 Å². The fraction of sp³-hybridized carbons (Fsp3) is 0.600. The molecule has 2 aliphatic heterocycles. The molecule has 0 saturated carbocycles. The van der Waals surface area contributed by atoms with Crippen LogP contribution in [0.4, 0.5) is 0 Å². The molecule has 3 N–H and O–H groups in total. The summed E-state index contributed by atoms with van der Waals surface area (Å²) >= 11 is 0. The number of carboxylic acid groups (broad SMARTS) is 1. The summed E-state index contributed by atoms with van der Waals surface area (Å²) < 4.78 is 8.07. The standard InChI is InChI=1S/C19H27N7O3.CH2O2/c1-18(24-16(27)15-12-20-5-6-21-15)4-11-29-19(17(18)28)2-7-25(8-3-19)9-10-26-13-22-23-14-26;2-1-3/h5-6,12-14,17,28H,2-4,7-11H2,1H3,(H,24,27);1H,(H,2,3)/t17-,18+;/m1./s1. The van der Waals surface area contributed by atoms with Crippen LogP contribution < -0.4 is 5.32 Å². The first kappa shape index (κ1) is 23.7. The first-order chi connectivity index (χ1) is 15.4. The van der Waals surface area contributed by atoms with Crippen LogP contribution in [-0.2, 0) is 16.1 Å². The van der Waals surface area contributed by atoms with Crippen molar-refractivity contribution in [2.45, 2.75) is 50.0 Å². The van der Waals surface area contributed by atoms with E-state index in [9.17, 15) is 9.90 Å². The van der Waals surface area contributed by atoms with Gasteiger partial charge in [0, 0.05) is 45.2 Å². The lowest BCUT2D eigenvalue weighted by Crippen LogP contribution is -2.69. The average molecular weight is 447 g/mol. The molecular weight excluding hydrogens is 418 g/mol. The molecule has 2 aromatic heterocycles. The molecule has 12 nitrogen and oxygen atoms in total. The molecular formula is C20H29N7O5. The number of carbonyl (C=O) groups is 2. The van der Waals surface area contributed by atoms with E-state index in [2.05, 4.69) is 30.4 Å². The number of ether oxygens (including phenoxy) is 1. The van der Waals surface area contributed by atoms with Crippen molar-refractivity contribution in [1.29, 1.82) is 0 Å². The van der Waals surface area contributed by atoms with Crippen molar-refractivity contribution in [3.05, 3.63) is 36.9 Å². The van der Waals surface area contributed by atoms with Gasteiger partial charge in [0.1, 0.15) is 24.5 Å². The second-order valence-corrected chi connectivity index (χ2v) is 8.17. The van der Waals surface area contributed by atoms with Crippen LogP contribution in [0, 0.1) is 0 Å². The molecule has 0 unspecified atom stereocenters. The van der Waals surface area contributed by atoms with Gasteiger partial charge in [0.15, 0.2) is 0 Å². The third-order valence-electron chi connectivity index (χ3n) is 6.15. The normalized spacial score (nSPS) is 24.9. The zero-order valence-electron chi connectivity index (χ0n) is 18.0. The van der Waals surface area contributed by atoms with Gasteiger partial charge in [-0.25, -0.2) is 4.98 Å². The second kappa shape index (κ2) is 10.6.